The Balaban J connectivity index is 1.14. The van der Waals surface area contributed by atoms with E-state index in [1.165, 1.54) is 19.2 Å². The maximum atomic E-state index is 13.6. The minimum absolute atomic E-state index is 0.00812. The standard InChI is InChI=1S/C29H34N10O6/c1-28(2)24(42)34(13-18(40)15-38-22-11-7-5-9-20(22)30-32-38)26(44)36(28)17-37-27(45)35(25(43)29(37,3)4)14-19(41)16-39-23-12-8-6-10-21(23)31-33-39/h5-12,18-19,40-41H,13-17H2,1-4H3. The molecule has 4 aromatic rings. The zero-order valence-corrected chi connectivity index (χ0v) is 25.3. The van der Waals surface area contributed by atoms with E-state index in [0.717, 1.165) is 9.80 Å². The third-order valence-corrected chi connectivity index (χ3v) is 8.49. The van der Waals surface area contributed by atoms with Crippen molar-refractivity contribution >= 4 is 45.9 Å². The fraction of sp³-hybridized carbons (Fsp3) is 0.448. The third-order valence-electron chi connectivity index (χ3n) is 8.49. The van der Waals surface area contributed by atoms with Gasteiger partial charge < -0.3 is 10.2 Å². The molecule has 6 amide bonds. The number of carbonyl (C=O) groups excluding carboxylic acids is 4. The Bertz CT molecular complexity index is 1680. The van der Waals surface area contributed by atoms with Crippen LogP contribution in [0, 0.1) is 0 Å². The second-order valence-electron chi connectivity index (χ2n) is 12.3. The van der Waals surface area contributed by atoms with Crippen LogP contribution in [0.2, 0.25) is 0 Å². The van der Waals surface area contributed by atoms with Gasteiger partial charge in [-0.3, -0.25) is 29.2 Å². The number of hydrogen-bond acceptors (Lipinski definition) is 10. The van der Waals surface area contributed by atoms with E-state index in [-0.39, 0.29) is 32.8 Å². The Labute approximate surface area is 257 Å². The summed E-state index contributed by atoms with van der Waals surface area (Å²) in [7, 11) is 0. The number of carbonyl (C=O) groups is 4. The van der Waals surface area contributed by atoms with E-state index in [1.807, 2.05) is 24.3 Å². The molecule has 2 fully saturated rings. The van der Waals surface area contributed by atoms with Crippen LogP contribution in [-0.4, -0.2) is 127 Å². The monoisotopic (exact) mass is 618 g/mol. The van der Waals surface area contributed by atoms with Crippen molar-refractivity contribution in [3.05, 3.63) is 48.5 Å². The smallest absolute Gasteiger partial charge is 0.329 e. The zero-order chi connectivity index (χ0) is 32.3. The minimum Gasteiger partial charge on any atom is -0.389 e. The van der Waals surface area contributed by atoms with Crippen LogP contribution in [0.1, 0.15) is 27.7 Å². The largest absolute Gasteiger partial charge is 0.389 e. The zero-order valence-electron chi connectivity index (χ0n) is 25.3. The topological polar surface area (TPSA) is 183 Å². The van der Waals surface area contributed by atoms with Gasteiger partial charge in [0.15, 0.2) is 0 Å². The number of hydrogen-bond donors (Lipinski definition) is 2. The first kappa shape index (κ1) is 30.1. The number of aliphatic hydroxyl groups excluding tert-OH is 2. The molecule has 16 heteroatoms. The van der Waals surface area contributed by atoms with E-state index < -0.39 is 47.2 Å². The number of nitrogens with zero attached hydrogens (tertiary/aromatic N) is 10. The van der Waals surface area contributed by atoms with Gasteiger partial charge in [0.25, 0.3) is 11.8 Å². The van der Waals surface area contributed by atoms with E-state index in [9.17, 15) is 29.4 Å². The molecule has 0 bridgehead atoms. The van der Waals surface area contributed by atoms with E-state index in [1.54, 1.807) is 52.0 Å². The van der Waals surface area contributed by atoms with E-state index in [4.69, 9.17) is 0 Å². The fourth-order valence-electron chi connectivity index (χ4n) is 5.81. The van der Waals surface area contributed by atoms with Crippen LogP contribution in [0.15, 0.2) is 48.5 Å². The lowest BCUT2D eigenvalue weighted by atomic mass is 10.0. The third kappa shape index (κ3) is 5.04. The predicted octanol–water partition coefficient (Wildman–Crippen LogP) is 0.641. The van der Waals surface area contributed by atoms with Crippen LogP contribution >= 0.6 is 0 Å². The van der Waals surface area contributed by atoms with Crippen molar-refractivity contribution in [2.24, 2.45) is 0 Å². The van der Waals surface area contributed by atoms with Crippen LogP contribution in [-0.2, 0) is 22.7 Å². The Hall–Kier alpha value is -4.96. The predicted molar refractivity (Wildman–Crippen MR) is 158 cm³/mol. The molecule has 2 aromatic carbocycles. The summed E-state index contributed by atoms with van der Waals surface area (Å²) in [5.74, 6) is -1.11. The van der Waals surface area contributed by atoms with Gasteiger partial charge in [0.2, 0.25) is 0 Å². The summed E-state index contributed by atoms with van der Waals surface area (Å²) in [6.45, 7) is 5.18. The summed E-state index contributed by atoms with van der Waals surface area (Å²) in [6.07, 6.45) is -2.30. The van der Waals surface area contributed by atoms with Gasteiger partial charge in [-0.1, -0.05) is 34.7 Å². The first-order valence-corrected chi connectivity index (χ1v) is 14.5. The van der Waals surface area contributed by atoms with Gasteiger partial charge in [-0.05, 0) is 52.0 Å². The fourth-order valence-corrected chi connectivity index (χ4v) is 5.81. The van der Waals surface area contributed by atoms with Crippen molar-refractivity contribution in [3.63, 3.8) is 0 Å². The number of urea groups is 2. The van der Waals surface area contributed by atoms with Crippen LogP contribution in [0.4, 0.5) is 9.59 Å². The van der Waals surface area contributed by atoms with Gasteiger partial charge in [-0.2, -0.15) is 0 Å². The summed E-state index contributed by atoms with van der Waals surface area (Å²) in [6, 6.07) is 13.0. The Morgan fingerprint density at radius 2 is 1.00 bits per heavy atom. The van der Waals surface area contributed by atoms with Gasteiger partial charge in [0.05, 0.1) is 49.4 Å². The number of imide groups is 2. The molecule has 0 aliphatic carbocycles. The average Bonchev–Trinajstić information content (AvgIpc) is 3.68. The SMILES string of the molecule is CC1(C)C(=O)N(CC(O)Cn2nnc3ccccc32)C(=O)N1CN1C(=O)N(CC(O)Cn2nnc3ccccc32)C(=O)C1(C)C. The maximum Gasteiger partial charge on any atom is 0.329 e. The normalized spacial score (nSPS) is 19.5. The first-order chi connectivity index (χ1) is 21.3. The molecule has 2 N–H and O–H groups in total. The highest BCUT2D eigenvalue weighted by Crippen LogP contribution is 2.33. The highest BCUT2D eigenvalue weighted by Gasteiger charge is 2.57. The number of β-amino-alcohol motifs (C(OH)–C–C–N with tert-alkyl or cyclic N) is 2. The molecule has 2 aliphatic heterocycles. The van der Waals surface area contributed by atoms with Gasteiger partial charge >= 0.3 is 12.1 Å². The number of fused-ring (bicyclic) bond motifs is 2. The highest BCUT2D eigenvalue weighted by molar-refractivity contribution is 6.08. The summed E-state index contributed by atoms with van der Waals surface area (Å²) >= 11 is 0. The second kappa shape index (κ2) is 10.9. The van der Waals surface area contributed by atoms with Crippen LogP contribution < -0.4 is 0 Å². The number of para-hydroxylation sites is 2. The van der Waals surface area contributed by atoms with Crippen LogP contribution in [0.25, 0.3) is 22.1 Å². The number of aliphatic hydroxyl groups is 2. The van der Waals surface area contributed by atoms with Gasteiger partial charge in [0.1, 0.15) is 28.8 Å². The van der Waals surface area contributed by atoms with Crippen LogP contribution in [0.5, 0.6) is 0 Å². The maximum absolute atomic E-state index is 13.6. The molecule has 2 unspecified atom stereocenters. The van der Waals surface area contributed by atoms with Crippen LogP contribution in [0.3, 0.4) is 0 Å². The summed E-state index contributed by atoms with van der Waals surface area (Å²) < 4.78 is 3.00. The van der Waals surface area contributed by atoms with Crippen molar-refractivity contribution in [2.75, 3.05) is 19.8 Å². The molecule has 45 heavy (non-hydrogen) atoms. The number of amides is 6. The molecule has 2 saturated heterocycles. The first-order valence-electron chi connectivity index (χ1n) is 14.5. The van der Waals surface area contributed by atoms with Gasteiger partial charge in [-0.15, -0.1) is 10.2 Å². The lowest BCUT2D eigenvalue weighted by Crippen LogP contribution is -2.55. The molecule has 2 aliphatic rings. The van der Waals surface area contributed by atoms with Gasteiger partial charge in [-0.25, -0.2) is 19.0 Å². The number of benzene rings is 2. The second-order valence-corrected chi connectivity index (χ2v) is 12.3. The van der Waals surface area contributed by atoms with E-state index in [0.29, 0.717) is 22.1 Å². The molecule has 0 spiro atoms. The Morgan fingerprint density at radius 1 is 0.622 bits per heavy atom. The lowest BCUT2D eigenvalue weighted by molar-refractivity contribution is -0.134. The Morgan fingerprint density at radius 3 is 1.40 bits per heavy atom. The summed E-state index contributed by atoms with van der Waals surface area (Å²) in [5.41, 5.74) is -0.0748. The molecule has 2 atom stereocenters. The molecule has 6 rings (SSSR count). The highest BCUT2D eigenvalue weighted by atomic mass is 16.3. The van der Waals surface area contributed by atoms with Crippen molar-refractivity contribution in [2.45, 2.75) is 64.1 Å². The number of aromatic nitrogens is 6. The molecule has 236 valence electrons. The molecule has 0 saturated carbocycles. The number of rotatable bonds is 10. The molecule has 2 aromatic heterocycles. The quantitative estimate of drug-likeness (QED) is 0.239. The molecular formula is C29H34N10O6. The molecular weight excluding hydrogens is 584 g/mol. The molecule has 16 nitrogen and oxygen atoms in total. The van der Waals surface area contributed by atoms with Gasteiger partial charge in [0, 0.05) is 0 Å². The van der Waals surface area contributed by atoms with Crippen molar-refractivity contribution < 1.29 is 29.4 Å². The Kier molecular flexibility index (Phi) is 7.28. The average molecular weight is 619 g/mol. The molecule has 4 heterocycles. The molecule has 0 radical (unpaired) electrons. The van der Waals surface area contributed by atoms with Crippen molar-refractivity contribution in [1.29, 1.82) is 0 Å². The van der Waals surface area contributed by atoms with E-state index in [2.05, 4.69) is 20.6 Å². The minimum atomic E-state index is -1.38. The van der Waals surface area contributed by atoms with Crippen molar-refractivity contribution in [3.8, 4) is 0 Å². The summed E-state index contributed by atoms with van der Waals surface area (Å²) in [5, 5.41) is 37.9. The lowest BCUT2D eigenvalue weighted by Gasteiger charge is -2.36. The van der Waals surface area contributed by atoms with E-state index >= 15 is 0 Å². The van der Waals surface area contributed by atoms with Crippen molar-refractivity contribution in [1.82, 2.24) is 49.6 Å². The summed E-state index contributed by atoms with van der Waals surface area (Å²) in [4.78, 5) is 58.4.